The van der Waals surface area contributed by atoms with Gasteiger partial charge in [0.05, 0.1) is 6.10 Å². The molecule has 1 aliphatic carbocycles. The van der Waals surface area contributed by atoms with Crippen molar-refractivity contribution in [2.45, 2.75) is 68.0 Å². The Morgan fingerprint density at radius 2 is 2.06 bits per heavy atom. The van der Waals surface area contributed by atoms with Crippen molar-refractivity contribution in [3.05, 3.63) is 5.82 Å². The van der Waals surface area contributed by atoms with Gasteiger partial charge in [-0.25, -0.2) is 0 Å². The van der Waals surface area contributed by atoms with Crippen LogP contribution in [-0.4, -0.2) is 31.2 Å². The van der Waals surface area contributed by atoms with Gasteiger partial charge in [0.15, 0.2) is 5.16 Å². The van der Waals surface area contributed by atoms with Crippen LogP contribution in [0, 0.1) is 0 Å². The smallest absolute Gasteiger partial charge is 0.191 e. The SMILES string of the molecule is OC1CCCC1Sc1nnc2n1CCCCC2. The number of hydrogen-bond acceptors (Lipinski definition) is 4. The molecular weight excluding hydrogens is 234 g/mol. The van der Waals surface area contributed by atoms with Crippen LogP contribution >= 0.6 is 11.8 Å². The Kier molecular flexibility index (Phi) is 3.38. The highest BCUT2D eigenvalue weighted by Gasteiger charge is 2.28. The fourth-order valence-electron chi connectivity index (χ4n) is 2.72. The Bertz CT molecular complexity index is 393. The summed E-state index contributed by atoms with van der Waals surface area (Å²) in [6.07, 6.45) is 7.84. The average molecular weight is 253 g/mol. The van der Waals surface area contributed by atoms with Crippen LogP contribution in [0.5, 0.6) is 0 Å². The van der Waals surface area contributed by atoms with Crippen LogP contribution < -0.4 is 0 Å². The highest BCUT2D eigenvalue weighted by Crippen LogP contribution is 2.35. The van der Waals surface area contributed by atoms with Gasteiger partial charge in [-0.15, -0.1) is 10.2 Å². The van der Waals surface area contributed by atoms with Crippen molar-refractivity contribution in [1.29, 1.82) is 0 Å². The number of fused-ring (bicyclic) bond motifs is 1. The lowest BCUT2D eigenvalue weighted by Crippen LogP contribution is -2.16. The summed E-state index contributed by atoms with van der Waals surface area (Å²) in [5, 5.41) is 19.8. The highest BCUT2D eigenvalue weighted by atomic mass is 32.2. The molecule has 0 radical (unpaired) electrons. The molecule has 1 aromatic heterocycles. The summed E-state index contributed by atoms with van der Waals surface area (Å²) in [4.78, 5) is 0. The maximum Gasteiger partial charge on any atom is 0.191 e. The molecule has 1 aliphatic heterocycles. The highest BCUT2D eigenvalue weighted by molar-refractivity contribution is 7.99. The van der Waals surface area contributed by atoms with Gasteiger partial charge in [0, 0.05) is 18.2 Å². The Morgan fingerprint density at radius 1 is 1.12 bits per heavy atom. The van der Waals surface area contributed by atoms with E-state index in [0.717, 1.165) is 43.2 Å². The number of aromatic nitrogens is 3. The van der Waals surface area contributed by atoms with E-state index in [2.05, 4.69) is 14.8 Å². The zero-order valence-electron chi connectivity index (χ0n) is 10.0. The van der Waals surface area contributed by atoms with E-state index in [1.54, 1.807) is 11.8 Å². The van der Waals surface area contributed by atoms with Crippen LogP contribution in [0.2, 0.25) is 0 Å². The largest absolute Gasteiger partial charge is 0.392 e. The molecule has 3 rings (SSSR count). The van der Waals surface area contributed by atoms with Crippen LogP contribution in [0.1, 0.15) is 44.3 Å². The minimum absolute atomic E-state index is 0.154. The molecule has 0 saturated heterocycles. The molecule has 5 heteroatoms. The van der Waals surface area contributed by atoms with Crippen LogP contribution in [0.3, 0.4) is 0 Å². The van der Waals surface area contributed by atoms with E-state index in [1.165, 1.54) is 19.3 Å². The van der Waals surface area contributed by atoms with Crippen LogP contribution in [0.4, 0.5) is 0 Å². The molecule has 0 amide bonds. The minimum atomic E-state index is -0.154. The van der Waals surface area contributed by atoms with Gasteiger partial charge in [0.2, 0.25) is 0 Å². The summed E-state index contributed by atoms with van der Waals surface area (Å²) in [6.45, 7) is 1.05. The van der Waals surface area contributed by atoms with Crippen molar-refractivity contribution in [3.8, 4) is 0 Å². The number of aliphatic hydroxyl groups is 1. The number of hydrogen-bond donors (Lipinski definition) is 1. The fraction of sp³-hybridized carbons (Fsp3) is 0.833. The number of aryl methyl sites for hydroxylation is 1. The Balaban J connectivity index is 1.76. The van der Waals surface area contributed by atoms with E-state index < -0.39 is 0 Å². The monoisotopic (exact) mass is 253 g/mol. The van der Waals surface area contributed by atoms with Crippen LogP contribution in [0.25, 0.3) is 0 Å². The van der Waals surface area contributed by atoms with E-state index in [0.29, 0.717) is 5.25 Å². The zero-order chi connectivity index (χ0) is 11.7. The van der Waals surface area contributed by atoms with Crippen LogP contribution in [-0.2, 0) is 13.0 Å². The first-order valence-electron chi connectivity index (χ1n) is 6.61. The van der Waals surface area contributed by atoms with E-state index in [-0.39, 0.29) is 6.10 Å². The normalized spacial score (nSPS) is 29.0. The molecule has 0 bridgehead atoms. The summed E-state index contributed by atoms with van der Waals surface area (Å²) in [7, 11) is 0. The molecule has 1 aromatic rings. The quantitative estimate of drug-likeness (QED) is 0.876. The molecule has 1 fully saturated rings. The molecule has 1 saturated carbocycles. The van der Waals surface area contributed by atoms with Gasteiger partial charge in [0.25, 0.3) is 0 Å². The van der Waals surface area contributed by atoms with E-state index in [4.69, 9.17) is 0 Å². The summed E-state index contributed by atoms with van der Waals surface area (Å²) in [5.74, 6) is 1.14. The first-order valence-corrected chi connectivity index (χ1v) is 7.49. The van der Waals surface area contributed by atoms with Gasteiger partial charge < -0.3 is 9.67 Å². The number of thioether (sulfide) groups is 1. The van der Waals surface area contributed by atoms with Crippen molar-refractivity contribution in [2.24, 2.45) is 0 Å². The third-order valence-electron chi connectivity index (χ3n) is 3.75. The molecular formula is C12H19N3OS. The van der Waals surface area contributed by atoms with Gasteiger partial charge >= 0.3 is 0 Å². The van der Waals surface area contributed by atoms with Gasteiger partial charge in [-0.2, -0.15) is 0 Å². The summed E-state index contributed by atoms with van der Waals surface area (Å²) >= 11 is 1.73. The molecule has 2 aliphatic rings. The number of aliphatic hydroxyl groups excluding tert-OH is 1. The average Bonchev–Trinajstić information content (AvgIpc) is 2.81. The molecule has 0 aromatic carbocycles. The van der Waals surface area contributed by atoms with Gasteiger partial charge in [-0.05, 0) is 32.1 Å². The van der Waals surface area contributed by atoms with Crippen molar-refractivity contribution >= 4 is 11.8 Å². The van der Waals surface area contributed by atoms with E-state index in [9.17, 15) is 5.11 Å². The van der Waals surface area contributed by atoms with Crippen LogP contribution in [0.15, 0.2) is 5.16 Å². The summed E-state index contributed by atoms with van der Waals surface area (Å²) < 4.78 is 2.27. The van der Waals surface area contributed by atoms with Crippen molar-refractivity contribution in [2.75, 3.05) is 0 Å². The van der Waals surface area contributed by atoms with Crippen molar-refractivity contribution < 1.29 is 5.11 Å². The fourth-order valence-corrected chi connectivity index (χ4v) is 3.99. The number of rotatable bonds is 2. The Labute approximate surface area is 106 Å². The van der Waals surface area contributed by atoms with E-state index >= 15 is 0 Å². The Morgan fingerprint density at radius 3 is 2.88 bits per heavy atom. The minimum Gasteiger partial charge on any atom is -0.392 e. The number of nitrogens with zero attached hydrogens (tertiary/aromatic N) is 3. The first kappa shape index (κ1) is 11.5. The molecule has 2 heterocycles. The maximum absolute atomic E-state index is 9.87. The standard InChI is InChI=1S/C12H19N3OS/c16-9-5-4-6-10(9)17-12-14-13-11-7-2-1-3-8-15(11)12/h9-10,16H,1-8H2. The maximum atomic E-state index is 9.87. The molecule has 1 N–H and O–H groups in total. The molecule has 94 valence electrons. The molecule has 17 heavy (non-hydrogen) atoms. The predicted molar refractivity (Wildman–Crippen MR) is 67.1 cm³/mol. The second kappa shape index (κ2) is 4.98. The third kappa shape index (κ3) is 2.36. The van der Waals surface area contributed by atoms with E-state index in [1.807, 2.05) is 0 Å². The van der Waals surface area contributed by atoms with Gasteiger partial charge in [-0.3, -0.25) is 0 Å². The van der Waals surface area contributed by atoms with Gasteiger partial charge in [0.1, 0.15) is 5.82 Å². The second-order valence-corrected chi connectivity index (χ2v) is 6.22. The predicted octanol–water partition coefficient (Wildman–Crippen LogP) is 2.01. The zero-order valence-corrected chi connectivity index (χ0v) is 10.8. The molecule has 2 atom stereocenters. The lowest BCUT2D eigenvalue weighted by atomic mass is 10.2. The molecule has 0 spiro atoms. The lowest BCUT2D eigenvalue weighted by molar-refractivity contribution is 0.188. The Hall–Kier alpha value is -0.550. The van der Waals surface area contributed by atoms with Gasteiger partial charge in [-0.1, -0.05) is 18.2 Å². The topological polar surface area (TPSA) is 50.9 Å². The lowest BCUT2D eigenvalue weighted by Gasteiger charge is -2.14. The first-order chi connectivity index (χ1) is 8.34. The van der Waals surface area contributed by atoms with Crippen molar-refractivity contribution in [1.82, 2.24) is 14.8 Å². The van der Waals surface area contributed by atoms with Crippen molar-refractivity contribution in [3.63, 3.8) is 0 Å². The summed E-state index contributed by atoms with van der Waals surface area (Å²) in [5.41, 5.74) is 0. The molecule has 2 unspecified atom stereocenters. The summed E-state index contributed by atoms with van der Waals surface area (Å²) in [6, 6.07) is 0. The third-order valence-corrected chi connectivity index (χ3v) is 5.12. The second-order valence-electron chi connectivity index (χ2n) is 5.02. The molecule has 4 nitrogen and oxygen atoms in total.